The molecule has 0 bridgehead atoms. The smallest absolute Gasteiger partial charge is 0.408 e. The molecule has 1 aromatic carbocycles. The zero-order chi connectivity index (χ0) is 20.8. The normalized spacial score (nSPS) is 16.0. The van der Waals surface area contributed by atoms with Gasteiger partial charge in [-0.15, -0.1) is 0 Å². The van der Waals surface area contributed by atoms with Gasteiger partial charge in [-0.2, -0.15) is 0 Å². The molecule has 1 N–H and O–H groups in total. The third-order valence-corrected chi connectivity index (χ3v) is 4.70. The Bertz CT molecular complexity index is 635. The molecule has 4 atom stereocenters. The molecule has 27 heavy (non-hydrogen) atoms. The van der Waals surface area contributed by atoms with Crippen LogP contribution in [0.2, 0.25) is 0 Å². The van der Waals surface area contributed by atoms with Crippen molar-refractivity contribution in [2.45, 2.75) is 85.5 Å². The maximum absolute atomic E-state index is 12.5. The van der Waals surface area contributed by atoms with E-state index >= 15 is 0 Å². The Morgan fingerprint density at radius 2 is 1.70 bits per heavy atom. The van der Waals surface area contributed by atoms with Crippen LogP contribution in [0.5, 0.6) is 0 Å². The number of carbonyl (C=O) groups excluding carboxylic acids is 2. The summed E-state index contributed by atoms with van der Waals surface area (Å²) >= 11 is 0. The molecular formula is C22H35NO4. The van der Waals surface area contributed by atoms with Gasteiger partial charge in [0.1, 0.15) is 17.7 Å². The maximum atomic E-state index is 12.5. The molecule has 1 aromatic rings. The zero-order valence-electron chi connectivity index (χ0n) is 18.0. The molecule has 0 radical (unpaired) electrons. The average Bonchev–Trinajstić information content (AvgIpc) is 2.54. The molecule has 5 nitrogen and oxygen atoms in total. The Morgan fingerprint density at radius 3 is 2.22 bits per heavy atom. The lowest BCUT2D eigenvalue weighted by atomic mass is 9.80. The van der Waals surface area contributed by atoms with Gasteiger partial charge < -0.3 is 14.8 Å². The van der Waals surface area contributed by atoms with Gasteiger partial charge in [0.05, 0.1) is 0 Å². The quantitative estimate of drug-likeness (QED) is 0.681. The van der Waals surface area contributed by atoms with Crippen LogP contribution in [0.15, 0.2) is 24.3 Å². The molecule has 1 amide bonds. The van der Waals surface area contributed by atoms with Crippen LogP contribution in [-0.4, -0.2) is 29.8 Å². The van der Waals surface area contributed by atoms with Crippen LogP contribution >= 0.6 is 0 Å². The zero-order valence-corrected chi connectivity index (χ0v) is 18.0. The minimum atomic E-state index is -0.781. The third-order valence-electron chi connectivity index (χ3n) is 4.70. The summed E-state index contributed by atoms with van der Waals surface area (Å²) < 4.78 is 10.9. The van der Waals surface area contributed by atoms with Crippen LogP contribution < -0.4 is 5.32 Å². The largest absolute Gasteiger partial charge is 0.460 e. The van der Waals surface area contributed by atoms with Crippen LogP contribution in [0.4, 0.5) is 4.79 Å². The topological polar surface area (TPSA) is 64.6 Å². The molecule has 0 aliphatic heterocycles. The van der Waals surface area contributed by atoms with Crippen LogP contribution in [0, 0.1) is 12.8 Å². The Balaban J connectivity index is 2.83. The minimum Gasteiger partial charge on any atom is -0.460 e. The van der Waals surface area contributed by atoms with Gasteiger partial charge in [0.15, 0.2) is 0 Å². The Kier molecular flexibility index (Phi) is 8.32. The number of amides is 1. The van der Waals surface area contributed by atoms with E-state index in [4.69, 9.17) is 9.47 Å². The van der Waals surface area contributed by atoms with Crippen molar-refractivity contribution in [3.8, 4) is 0 Å². The van der Waals surface area contributed by atoms with Gasteiger partial charge in [0.2, 0.25) is 0 Å². The number of hydrogen-bond acceptors (Lipinski definition) is 4. The minimum absolute atomic E-state index is 0.0916. The number of rotatable bonds is 7. The van der Waals surface area contributed by atoms with E-state index in [-0.39, 0.29) is 12.0 Å². The number of aryl methyl sites for hydroxylation is 1. The summed E-state index contributed by atoms with van der Waals surface area (Å²) in [4.78, 5) is 24.4. The number of carbonyl (C=O) groups is 2. The summed E-state index contributed by atoms with van der Waals surface area (Å²) in [6.45, 7) is 15.2. The first-order valence-electron chi connectivity index (χ1n) is 9.71. The van der Waals surface area contributed by atoms with E-state index in [1.165, 1.54) is 11.1 Å². The van der Waals surface area contributed by atoms with Gasteiger partial charge >= 0.3 is 12.1 Å². The summed E-state index contributed by atoms with van der Waals surface area (Å²) in [6.07, 6.45) is 0.0421. The summed E-state index contributed by atoms with van der Waals surface area (Å²) in [7, 11) is 0. The fourth-order valence-corrected chi connectivity index (χ4v) is 3.14. The first-order chi connectivity index (χ1) is 12.5. The summed E-state index contributed by atoms with van der Waals surface area (Å²) in [5.41, 5.74) is 1.76. The number of benzene rings is 1. The molecule has 1 unspecified atom stereocenters. The number of hydrogen-bond donors (Lipinski definition) is 1. The van der Waals surface area contributed by atoms with Crippen molar-refractivity contribution in [1.29, 1.82) is 0 Å². The molecule has 0 spiro atoms. The van der Waals surface area contributed by atoms with Crippen molar-refractivity contribution in [2.75, 3.05) is 0 Å². The molecule has 0 fully saturated rings. The van der Waals surface area contributed by atoms with Crippen molar-refractivity contribution in [3.05, 3.63) is 35.4 Å². The van der Waals surface area contributed by atoms with Crippen molar-refractivity contribution in [1.82, 2.24) is 5.32 Å². The molecule has 0 saturated carbocycles. The third kappa shape index (κ3) is 7.24. The fourth-order valence-electron chi connectivity index (χ4n) is 3.14. The predicted molar refractivity (Wildman–Crippen MR) is 108 cm³/mol. The Hall–Kier alpha value is -2.04. The monoisotopic (exact) mass is 377 g/mol. The maximum Gasteiger partial charge on any atom is 0.408 e. The molecular weight excluding hydrogens is 342 g/mol. The van der Waals surface area contributed by atoms with Gasteiger partial charge in [-0.1, -0.05) is 44.5 Å². The van der Waals surface area contributed by atoms with E-state index < -0.39 is 23.7 Å². The molecule has 0 saturated heterocycles. The van der Waals surface area contributed by atoms with E-state index in [2.05, 4.69) is 38.2 Å². The SMILES string of the molecule is CCC(C)[C@@H](c1ccccc1C)[C@H](C)OC(=O)[C@H](C)NC(=O)OC(C)(C)C. The predicted octanol–water partition coefficient (Wildman–Crippen LogP) is 4.97. The lowest BCUT2D eigenvalue weighted by Gasteiger charge is -2.31. The van der Waals surface area contributed by atoms with Crippen molar-refractivity contribution < 1.29 is 19.1 Å². The van der Waals surface area contributed by atoms with Gasteiger partial charge in [-0.3, -0.25) is 0 Å². The molecule has 1 rings (SSSR count). The highest BCUT2D eigenvalue weighted by atomic mass is 16.6. The lowest BCUT2D eigenvalue weighted by molar-refractivity contribution is -0.152. The molecule has 0 aliphatic rings. The summed E-state index contributed by atoms with van der Waals surface area (Å²) in [6, 6.07) is 7.41. The van der Waals surface area contributed by atoms with E-state index in [1.54, 1.807) is 27.7 Å². The van der Waals surface area contributed by atoms with Gasteiger partial charge in [-0.05, 0) is 58.6 Å². The summed E-state index contributed by atoms with van der Waals surface area (Å²) in [5.74, 6) is -0.0212. The number of esters is 1. The molecule has 0 aliphatic carbocycles. The van der Waals surface area contributed by atoms with E-state index in [9.17, 15) is 9.59 Å². The Morgan fingerprint density at radius 1 is 1.11 bits per heavy atom. The number of nitrogens with one attached hydrogen (secondary N) is 1. The lowest BCUT2D eigenvalue weighted by Crippen LogP contribution is -2.43. The standard InChI is InChI=1S/C22H35NO4/c1-9-14(2)19(18-13-11-10-12-15(18)3)17(5)26-20(24)16(4)23-21(25)27-22(6,7)8/h10-14,16-17,19H,9H2,1-8H3,(H,23,25)/t14?,16-,17-,19+/m0/s1. The van der Waals surface area contributed by atoms with Gasteiger partial charge in [-0.25, -0.2) is 9.59 Å². The summed E-state index contributed by atoms with van der Waals surface area (Å²) in [5, 5.41) is 2.54. The van der Waals surface area contributed by atoms with Gasteiger partial charge in [0.25, 0.3) is 0 Å². The van der Waals surface area contributed by atoms with E-state index in [0.29, 0.717) is 5.92 Å². The highest BCUT2D eigenvalue weighted by molar-refractivity contribution is 5.81. The Labute approximate surface area is 163 Å². The highest BCUT2D eigenvalue weighted by Gasteiger charge is 2.30. The molecule has 152 valence electrons. The van der Waals surface area contributed by atoms with Crippen LogP contribution in [-0.2, 0) is 14.3 Å². The second-order valence-electron chi connectivity index (χ2n) is 8.28. The van der Waals surface area contributed by atoms with E-state index in [1.807, 2.05) is 19.1 Å². The van der Waals surface area contributed by atoms with E-state index in [0.717, 1.165) is 6.42 Å². The second-order valence-corrected chi connectivity index (χ2v) is 8.28. The van der Waals surface area contributed by atoms with Crippen LogP contribution in [0.1, 0.15) is 71.9 Å². The first kappa shape index (κ1) is 23.0. The van der Waals surface area contributed by atoms with Crippen molar-refractivity contribution >= 4 is 12.1 Å². The van der Waals surface area contributed by atoms with Crippen LogP contribution in [0.25, 0.3) is 0 Å². The number of ether oxygens (including phenoxy) is 2. The van der Waals surface area contributed by atoms with Crippen molar-refractivity contribution in [3.63, 3.8) is 0 Å². The molecule has 5 heteroatoms. The fraction of sp³-hybridized carbons (Fsp3) is 0.636. The first-order valence-corrected chi connectivity index (χ1v) is 9.71. The second kappa shape index (κ2) is 9.77. The van der Waals surface area contributed by atoms with Crippen LogP contribution in [0.3, 0.4) is 0 Å². The van der Waals surface area contributed by atoms with Crippen molar-refractivity contribution in [2.24, 2.45) is 5.92 Å². The number of alkyl carbamates (subject to hydrolysis) is 1. The van der Waals surface area contributed by atoms with Gasteiger partial charge in [0, 0.05) is 5.92 Å². The highest BCUT2D eigenvalue weighted by Crippen LogP contribution is 2.33. The molecule has 0 heterocycles. The molecule has 0 aromatic heterocycles. The average molecular weight is 378 g/mol.